The molecule has 1 aliphatic heterocycles. The molecular weight excluding hydrogens is 272 g/mol. The van der Waals surface area contributed by atoms with Crippen molar-refractivity contribution in [3.05, 3.63) is 16.3 Å². The number of sulfonamides is 1. The molecule has 7 heteroatoms. The second-order valence-electron chi connectivity index (χ2n) is 4.39. The predicted octanol–water partition coefficient (Wildman–Crippen LogP) is 0.864. The van der Waals surface area contributed by atoms with Crippen molar-refractivity contribution in [1.29, 1.82) is 0 Å². The third kappa shape index (κ3) is 2.60. The second-order valence-corrected chi connectivity index (χ2v) is 7.29. The summed E-state index contributed by atoms with van der Waals surface area (Å²) in [5.74, 6) is 0.296. The standard InChI is InChI=1S/C11H18N2O3S2/c1-16-8-9-2-4-13(7-9)18(14,15)11-3-5-17-10(11)6-12/h3,5,9H,2,4,6-8,12H2,1H3. The SMILES string of the molecule is COCC1CCN(S(=O)(=O)c2ccsc2CN)C1. The topological polar surface area (TPSA) is 72.6 Å². The highest BCUT2D eigenvalue weighted by Gasteiger charge is 2.33. The zero-order valence-corrected chi connectivity index (χ0v) is 12.0. The maximum atomic E-state index is 12.5. The molecular formula is C11H18N2O3S2. The van der Waals surface area contributed by atoms with Crippen molar-refractivity contribution in [2.24, 2.45) is 11.7 Å². The van der Waals surface area contributed by atoms with E-state index in [1.165, 1.54) is 15.6 Å². The molecule has 1 aromatic rings. The molecule has 2 N–H and O–H groups in total. The van der Waals surface area contributed by atoms with Gasteiger partial charge < -0.3 is 10.5 Å². The van der Waals surface area contributed by atoms with Gasteiger partial charge in [0.1, 0.15) is 0 Å². The molecule has 0 saturated carbocycles. The molecule has 0 spiro atoms. The molecule has 1 fully saturated rings. The second kappa shape index (κ2) is 5.66. The van der Waals surface area contributed by atoms with E-state index in [9.17, 15) is 8.42 Å². The molecule has 1 saturated heterocycles. The van der Waals surface area contributed by atoms with E-state index >= 15 is 0 Å². The van der Waals surface area contributed by atoms with Gasteiger partial charge in [0.2, 0.25) is 10.0 Å². The lowest BCUT2D eigenvalue weighted by molar-refractivity contribution is 0.157. The smallest absolute Gasteiger partial charge is 0.244 e. The molecule has 102 valence electrons. The van der Waals surface area contributed by atoms with Gasteiger partial charge in [-0.2, -0.15) is 4.31 Å². The van der Waals surface area contributed by atoms with Crippen molar-refractivity contribution in [1.82, 2.24) is 4.31 Å². The third-order valence-electron chi connectivity index (χ3n) is 3.16. The highest BCUT2D eigenvalue weighted by atomic mass is 32.2. The highest BCUT2D eigenvalue weighted by Crippen LogP contribution is 2.28. The molecule has 0 aliphatic carbocycles. The van der Waals surface area contributed by atoms with Crippen LogP contribution in [0.3, 0.4) is 0 Å². The third-order valence-corrected chi connectivity index (χ3v) is 6.18. The zero-order chi connectivity index (χ0) is 13.2. The Morgan fingerprint density at radius 1 is 1.61 bits per heavy atom. The number of hydrogen-bond donors (Lipinski definition) is 1. The molecule has 1 unspecified atom stereocenters. The minimum atomic E-state index is -3.38. The Bertz CT molecular complexity index is 498. The normalized spacial score (nSPS) is 21.6. The fourth-order valence-corrected chi connectivity index (χ4v) is 5.07. The van der Waals surface area contributed by atoms with E-state index in [4.69, 9.17) is 10.5 Å². The molecule has 2 heterocycles. The number of methoxy groups -OCH3 is 1. The van der Waals surface area contributed by atoms with Gasteiger partial charge in [0.05, 0.1) is 11.5 Å². The van der Waals surface area contributed by atoms with Gasteiger partial charge >= 0.3 is 0 Å². The van der Waals surface area contributed by atoms with Gasteiger partial charge in [-0.25, -0.2) is 8.42 Å². The average molecular weight is 290 g/mol. The quantitative estimate of drug-likeness (QED) is 0.873. The van der Waals surface area contributed by atoms with Crippen LogP contribution in [-0.2, 0) is 21.3 Å². The van der Waals surface area contributed by atoms with Crippen LogP contribution in [0.1, 0.15) is 11.3 Å². The molecule has 0 aromatic carbocycles. The molecule has 5 nitrogen and oxygen atoms in total. The van der Waals surface area contributed by atoms with Crippen LogP contribution in [0.2, 0.25) is 0 Å². The van der Waals surface area contributed by atoms with E-state index in [1.54, 1.807) is 18.6 Å². The Morgan fingerprint density at radius 3 is 3.06 bits per heavy atom. The van der Waals surface area contributed by atoms with Crippen molar-refractivity contribution >= 4 is 21.4 Å². The molecule has 18 heavy (non-hydrogen) atoms. The summed E-state index contributed by atoms with van der Waals surface area (Å²) in [5, 5.41) is 1.78. The van der Waals surface area contributed by atoms with Crippen LogP contribution >= 0.6 is 11.3 Å². The summed E-state index contributed by atoms with van der Waals surface area (Å²) in [7, 11) is -1.74. The predicted molar refractivity (Wildman–Crippen MR) is 71.0 cm³/mol. The Morgan fingerprint density at radius 2 is 2.39 bits per heavy atom. The Hall–Kier alpha value is -0.470. The first-order valence-electron chi connectivity index (χ1n) is 5.85. The summed E-state index contributed by atoms with van der Waals surface area (Å²) in [4.78, 5) is 1.10. The summed E-state index contributed by atoms with van der Waals surface area (Å²) < 4.78 is 31.5. The van der Waals surface area contributed by atoms with Crippen LogP contribution in [0.15, 0.2) is 16.3 Å². The molecule has 0 bridgehead atoms. The number of thiophene rings is 1. The van der Waals surface area contributed by atoms with Crippen LogP contribution in [-0.4, -0.2) is 39.5 Å². The number of ether oxygens (including phenoxy) is 1. The largest absolute Gasteiger partial charge is 0.384 e. The molecule has 1 aromatic heterocycles. The molecule has 0 amide bonds. The van der Waals surface area contributed by atoms with E-state index in [-0.39, 0.29) is 6.54 Å². The van der Waals surface area contributed by atoms with Crippen molar-refractivity contribution < 1.29 is 13.2 Å². The van der Waals surface area contributed by atoms with Crippen LogP contribution < -0.4 is 5.73 Å². The summed E-state index contributed by atoms with van der Waals surface area (Å²) in [5.41, 5.74) is 5.57. The van der Waals surface area contributed by atoms with Crippen molar-refractivity contribution in [3.8, 4) is 0 Å². The van der Waals surface area contributed by atoms with E-state index in [1.807, 2.05) is 0 Å². The van der Waals surface area contributed by atoms with E-state index < -0.39 is 10.0 Å². The highest BCUT2D eigenvalue weighted by molar-refractivity contribution is 7.89. The first kappa shape index (κ1) is 14.0. The number of nitrogens with zero attached hydrogens (tertiary/aromatic N) is 1. The van der Waals surface area contributed by atoms with Gasteiger partial charge in [0, 0.05) is 31.6 Å². The Balaban J connectivity index is 2.18. The summed E-state index contributed by atoms with van der Waals surface area (Å²) in [6.07, 6.45) is 0.856. The monoisotopic (exact) mass is 290 g/mol. The van der Waals surface area contributed by atoms with Crippen LogP contribution in [0, 0.1) is 5.92 Å². The lowest BCUT2D eigenvalue weighted by Gasteiger charge is -2.16. The van der Waals surface area contributed by atoms with E-state index in [2.05, 4.69) is 0 Å². The minimum absolute atomic E-state index is 0.265. The Kier molecular flexibility index (Phi) is 4.39. The van der Waals surface area contributed by atoms with Gasteiger partial charge in [-0.1, -0.05) is 0 Å². The lowest BCUT2D eigenvalue weighted by atomic mass is 10.1. The van der Waals surface area contributed by atoms with Gasteiger partial charge in [-0.05, 0) is 23.8 Å². The van der Waals surface area contributed by atoms with Crippen LogP contribution in [0.25, 0.3) is 0 Å². The van der Waals surface area contributed by atoms with Gasteiger partial charge in [-0.3, -0.25) is 0 Å². The van der Waals surface area contributed by atoms with Gasteiger partial charge in [-0.15, -0.1) is 11.3 Å². The van der Waals surface area contributed by atoms with E-state index in [0.29, 0.717) is 30.5 Å². The first-order chi connectivity index (χ1) is 8.59. The number of nitrogens with two attached hydrogens (primary N) is 1. The summed E-state index contributed by atoms with van der Waals surface area (Å²) in [6.45, 7) is 1.98. The fourth-order valence-electron chi connectivity index (χ4n) is 2.23. The van der Waals surface area contributed by atoms with Crippen molar-refractivity contribution in [3.63, 3.8) is 0 Å². The number of hydrogen-bond acceptors (Lipinski definition) is 5. The maximum Gasteiger partial charge on any atom is 0.244 e. The van der Waals surface area contributed by atoms with E-state index in [0.717, 1.165) is 11.3 Å². The molecule has 1 aliphatic rings. The number of rotatable bonds is 5. The maximum absolute atomic E-state index is 12.5. The summed E-state index contributed by atoms with van der Waals surface area (Å²) >= 11 is 1.39. The van der Waals surface area contributed by atoms with Crippen LogP contribution in [0.5, 0.6) is 0 Å². The molecule has 0 radical (unpaired) electrons. The first-order valence-corrected chi connectivity index (χ1v) is 8.17. The average Bonchev–Trinajstić information content (AvgIpc) is 2.97. The molecule has 1 atom stereocenters. The minimum Gasteiger partial charge on any atom is -0.384 e. The van der Waals surface area contributed by atoms with Crippen molar-refractivity contribution in [2.75, 3.05) is 26.8 Å². The van der Waals surface area contributed by atoms with Gasteiger partial charge in [0.25, 0.3) is 0 Å². The Labute approximate surface area is 112 Å². The van der Waals surface area contributed by atoms with Crippen LogP contribution in [0.4, 0.5) is 0 Å². The van der Waals surface area contributed by atoms with Crippen molar-refractivity contribution in [2.45, 2.75) is 17.9 Å². The lowest BCUT2D eigenvalue weighted by Crippen LogP contribution is -2.30. The summed E-state index contributed by atoms with van der Waals surface area (Å²) in [6, 6.07) is 1.64. The van der Waals surface area contributed by atoms with Gasteiger partial charge in [0.15, 0.2) is 0 Å². The fraction of sp³-hybridized carbons (Fsp3) is 0.636. The zero-order valence-electron chi connectivity index (χ0n) is 10.3. The molecule has 2 rings (SSSR count).